The summed E-state index contributed by atoms with van der Waals surface area (Å²) in [5.74, 6) is 1.07. The van der Waals surface area contributed by atoms with E-state index in [4.69, 9.17) is 10.7 Å². The quantitative estimate of drug-likeness (QED) is 0.819. The number of piperidine rings is 1. The number of amides is 1. The summed E-state index contributed by atoms with van der Waals surface area (Å²) in [6.07, 6.45) is 2.87. The van der Waals surface area contributed by atoms with Crippen molar-refractivity contribution in [1.29, 1.82) is 0 Å². The van der Waals surface area contributed by atoms with E-state index in [2.05, 4.69) is 34.5 Å². The Hall–Kier alpha value is -2.82. The summed E-state index contributed by atoms with van der Waals surface area (Å²) in [7, 11) is 0. The fourth-order valence-corrected chi connectivity index (χ4v) is 3.78. The van der Waals surface area contributed by atoms with Gasteiger partial charge in [0.15, 0.2) is 0 Å². The van der Waals surface area contributed by atoms with Gasteiger partial charge in [0.1, 0.15) is 5.84 Å². The first-order valence-electron chi connectivity index (χ1n) is 9.25. The van der Waals surface area contributed by atoms with E-state index in [0.717, 1.165) is 44.7 Å². The number of likely N-dealkylation sites (tertiary alicyclic amines) is 1. The van der Waals surface area contributed by atoms with Crippen LogP contribution in [0.4, 0.5) is 5.69 Å². The molecule has 2 heterocycles. The van der Waals surface area contributed by atoms with E-state index in [-0.39, 0.29) is 11.9 Å². The zero-order chi connectivity index (χ0) is 17.9. The molecule has 134 valence electrons. The van der Waals surface area contributed by atoms with E-state index < -0.39 is 0 Å². The Kier molecular flexibility index (Phi) is 4.61. The lowest BCUT2D eigenvalue weighted by Gasteiger charge is -2.36. The molecule has 0 bridgehead atoms. The number of hydrogen-bond acceptors (Lipinski definition) is 4. The van der Waals surface area contributed by atoms with Crippen LogP contribution in [0.1, 0.15) is 34.3 Å². The van der Waals surface area contributed by atoms with E-state index in [1.165, 1.54) is 11.1 Å². The minimum absolute atomic E-state index is 0.0453. The predicted octanol–water partition coefficient (Wildman–Crippen LogP) is 2.47. The van der Waals surface area contributed by atoms with Crippen molar-refractivity contribution in [3.63, 3.8) is 0 Å². The zero-order valence-corrected chi connectivity index (χ0v) is 14.8. The van der Waals surface area contributed by atoms with Gasteiger partial charge < -0.3 is 16.0 Å². The van der Waals surface area contributed by atoms with Crippen LogP contribution in [0, 0.1) is 0 Å². The molecule has 2 aliphatic rings. The lowest BCUT2D eigenvalue weighted by molar-refractivity contribution is 0.0922. The van der Waals surface area contributed by atoms with Gasteiger partial charge in [0.25, 0.3) is 5.91 Å². The number of fused-ring (bicyclic) bond motifs is 1. The molecule has 0 aliphatic carbocycles. The number of benzene rings is 2. The molecule has 0 spiro atoms. The highest BCUT2D eigenvalue weighted by Crippen LogP contribution is 2.21. The summed E-state index contributed by atoms with van der Waals surface area (Å²) in [5, 5.41) is 3.14. The van der Waals surface area contributed by atoms with E-state index in [9.17, 15) is 4.79 Å². The molecule has 2 aromatic rings. The van der Waals surface area contributed by atoms with Crippen molar-refractivity contribution >= 4 is 17.4 Å². The van der Waals surface area contributed by atoms with E-state index in [0.29, 0.717) is 11.3 Å². The molecule has 0 radical (unpaired) electrons. The van der Waals surface area contributed by atoms with Crippen LogP contribution >= 0.6 is 0 Å². The summed E-state index contributed by atoms with van der Waals surface area (Å²) < 4.78 is 0. The molecule has 26 heavy (non-hydrogen) atoms. The van der Waals surface area contributed by atoms with Crippen LogP contribution in [-0.4, -0.2) is 42.3 Å². The number of aliphatic imine (C=N–C) groups is 1. The lowest BCUT2D eigenvalue weighted by Crippen LogP contribution is -2.47. The fourth-order valence-electron chi connectivity index (χ4n) is 3.78. The highest BCUT2D eigenvalue weighted by Gasteiger charge is 2.26. The Morgan fingerprint density at radius 1 is 1.12 bits per heavy atom. The summed E-state index contributed by atoms with van der Waals surface area (Å²) in [4.78, 5) is 19.5. The number of nitrogens with two attached hydrogens (primary N) is 1. The number of hydrogen-bond donors (Lipinski definition) is 2. The monoisotopic (exact) mass is 348 g/mol. The van der Waals surface area contributed by atoms with E-state index in [1.807, 2.05) is 6.07 Å². The van der Waals surface area contributed by atoms with Gasteiger partial charge in [-0.3, -0.25) is 9.79 Å². The molecule has 0 unspecified atom stereocenters. The van der Waals surface area contributed by atoms with Gasteiger partial charge in [-0.05, 0) is 43.0 Å². The standard InChI is InChI=1S/C21H24N4O/c22-17-6-3-5-16(14-17)21(26)24-18-9-12-25(13-10-18)20-19-7-2-1-4-15(19)8-11-23-20/h1-7,14,18H,8-13,22H2,(H,24,26). The molecule has 3 N–H and O–H groups in total. The molecule has 0 atom stereocenters. The second-order valence-corrected chi connectivity index (χ2v) is 6.97. The second-order valence-electron chi connectivity index (χ2n) is 6.97. The Labute approximate surface area is 153 Å². The van der Waals surface area contributed by atoms with Crippen molar-refractivity contribution in [3.8, 4) is 0 Å². The van der Waals surface area contributed by atoms with Gasteiger partial charge in [-0.15, -0.1) is 0 Å². The third kappa shape index (κ3) is 3.43. The molecular weight excluding hydrogens is 324 g/mol. The number of amidine groups is 1. The summed E-state index contributed by atoms with van der Waals surface area (Å²) >= 11 is 0. The Morgan fingerprint density at radius 2 is 1.92 bits per heavy atom. The van der Waals surface area contributed by atoms with Crippen LogP contribution in [-0.2, 0) is 6.42 Å². The maximum absolute atomic E-state index is 12.4. The highest BCUT2D eigenvalue weighted by atomic mass is 16.1. The topological polar surface area (TPSA) is 70.7 Å². The maximum atomic E-state index is 12.4. The normalized spacial score (nSPS) is 17.4. The fraction of sp³-hybridized carbons (Fsp3) is 0.333. The molecule has 4 rings (SSSR count). The molecule has 1 fully saturated rings. The molecule has 0 aromatic heterocycles. The van der Waals surface area contributed by atoms with Crippen LogP contribution in [0.3, 0.4) is 0 Å². The van der Waals surface area contributed by atoms with Crippen molar-refractivity contribution in [2.75, 3.05) is 25.4 Å². The van der Waals surface area contributed by atoms with Crippen LogP contribution < -0.4 is 11.1 Å². The SMILES string of the molecule is Nc1cccc(C(=O)NC2CCN(C3=NCCc4ccccc43)CC2)c1. The van der Waals surface area contributed by atoms with Crippen molar-refractivity contribution < 1.29 is 4.79 Å². The Bertz CT molecular complexity index is 837. The number of nitrogens with zero attached hydrogens (tertiary/aromatic N) is 2. The van der Waals surface area contributed by atoms with Gasteiger partial charge in [-0.2, -0.15) is 0 Å². The molecule has 2 aliphatic heterocycles. The zero-order valence-electron chi connectivity index (χ0n) is 14.8. The molecule has 2 aromatic carbocycles. The number of rotatable bonds is 2. The minimum Gasteiger partial charge on any atom is -0.399 e. The van der Waals surface area contributed by atoms with Crippen molar-refractivity contribution in [2.24, 2.45) is 4.99 Å². The van der Waals surface area contributed by atoms with Gasteiger partial charge in [0.2, 0.25) is 0 Å². The third-order valence-corrected chi connectivity index (χ3v) is 5.18. The number of anilines is 1. The summed E-state index contributed by atoms with van der Waals surface area (Å²) in [5.41, 5.74) is 9.65. The maximum Gasteiger partial charge on any atom is 0.251 e. The first-order chi connectivity index (χ1) is 12.7. The first kappa shape index (κ1) is 16.6. The van der Waals surface area contributed by atoms with Crippen molar-refractivity contribution in [3.05, 3.63) is 65.2 Å². The van der Waals surface area contributed by atoms with Gasteiger partial charge in [-0.25, -0.2) is 0 Å². The van der Waals surface area contributed by atoms with Gasteiger partial charge in [-0.1, -0.05) is 30.3 Å². The smallest absolute Gasteiger partial charge is 0.251 e. The van der Waals surface area contributed by atoms with Crippen LogP contribution in [0.15, 0.2) is 53.5 Å². The van der Waals surface area contributed by atoms with Crippen molar-refractivity contribution in [1.82, 2.24) is 10.2 Å². The number of nitrogen functional groups attached to an aromatic ring is 1. The van der Waals surface area contributed by atoms with Crippen LogP contribution in [0.5, 0.6) is 0 Å². The average Bonchev–Trinajstić information content (AvgIpc) is 2.68. The number of nitrogens with one attached hydrogen (secondary N) is 1. The Morgan fingerprint density at radius 3 is 2.73 bits per heavy atom. The molecule has 5 heteroatoms. The number of carbonyl (C=O) groups is 1. The lowest BCUT2D eigenvalue weighted by atomic mass is 9.98. The van der Waals surface area contributed by atoms with Gasteiger partial charge >= 0.3 is 0 Å². The van der Waals surface area contributed by atoms with Crippen molar-refractivity contribution in [2.45, 2.75) is 25.3 Å². The second kappa shape index (κ2) is 7.20. The molecule has 1 saturated heterocycles. The number of carbonyl (C=O) groups excluding carboxylic acids is 1. The van der Waals surface area contributed by atoms with E-state index >= 15 is 0 Å². The summed E-state index contributed by atoms with van der Waals surface area (Å²) in [6.45, 7) is 2.68. The Balaban J connectivity index is 1.37. The summed E-state index contributed by atoms with van der Waals surface area (Å²) in [6, 6.07) is 15.9. The molecule has 1 amide bonds. The predicted molar refractivity (Wildman–Crippen MR) is 104 cm³/mol. The molecule has 0 saturated carbocycles. The van der Waals surface area contributed by atoms with Crippen LogP contribution in [0.2, 0.25) is 0 Å². The van der Waals surface area contributed by atoms with Gasteiger partial charge in [0.05, 0.1) is 0 Å². The minimum atomic E-state index is -0.0453. The highest BCUT2D eigenvalue weighted by molar-refractivity contribution is 6.01. The van der Waals surface area contributed by atoms with Crippen LogP contribution in [0.25, 0.3) is 0 Å². The third-order valence-electron chi connectivity index (χ3n) is 5.18. The first-order valence-corrected chi connectivity index (χ1v) is 9.25. The largest absolute Gasteiger partial charge is 0.399 e. The molecule has 5 nitrogen and oxygen atoms in total. The average molecular weight is 348 g/mol. The van der Waals surface area contributed by atoms with Gasteiger partial charge in [0, 0.05) is 42.5 Å². The van der Waals surface area contributed by atoms with E-state index in [1.54, 1.807) is 18.2 Å². The molecular formula is C21H24N4O.